The monoisotopic (exact) mass is 774 g/mol. The molecule has 3 heterocycles. The van der Waals surface area contributed by atoms with Crippen molar-refractivity contribution in [3.8, 4) is 27.9 Å². The molecule has 12 aromatic rings. The average molecular weight is 775 g/mol. The molecule has 0 aliphatic heterocycles. The largest absolute Gasteiger partial charge is 0.310 e. The van der Waals surface area contributed by atoms with Gasteiger partial charge in [0.15, 0.2) is 0 Å². The maximum Gasteiger partial charge on any atom is 0.0554 e. The molecule has 0 spiro atoms. The van der Waals surface area contributed by atoms with Gasteiger partial charge in [-0.15, -0.1) is 22.7 Å². The molecule has 0 aliphatic carbocycles. The van der Waals surface area contributed by atoms with Crippen LogP contribution in [0.5, 0.6) is 0 Å². The van der Waals surface area contributed by atoms with Crippen LogP contribution in [0, 0.1) is 0 Å². The van der Waals surface area contributed by atoms with Gasteiger partial charge in [0.2, 0.25) is 0 Å². The summed E-state index contributed by atoms with van der Waals surface area (Å²) in [5.74, 6) is 0. The van der Waals surface area contributed by atoms with E-state index in [4.69, 9.17) is 0 Å². The zero-order valence-electron chi connectivity index (χ0n) is 31.3. The van der Waals surface area contributed by atoms with Crippen molar-refractivity contribution in [2.45, 2.75) is 0 Å². The minimum atomic E-state index is 1.12. The summed E-state index contributed by atoms with van der Waals surface area (Å²) in [7, 11) is 0. The molecule has 0 radical (unpaired) electrons. The summed E-state index contributed by atoms with van der Waals surface area (Å²) in [5.41, 5.74) is 11.9. The van der Waals surface area contributed by atoms with Crippen molar-refractivity contribution in [1.29, 1.82) is 0 Å². The highest BCUT2D eigenvalue weighted by Crippen LogP contribution is 2.46. The van der Waals surface area contributed by atoms with Crippen LogP contribution in [0.4, 0.5) is 17.1 Å². The maximum atomic E-state index is 2.44. The van der Waals surface area contributed by atoms with Crippen LogP contribution in [0.3, 0.4) is 0 Å². The molecule has 58 heavy (non-hydrogen) atoms. The highest BCUT2D eigenvalue weighted by Gasteiger charge is 2.20. The number of hydrogen-bond acceptors (Lipinski definition) is 3. The van der Waals surface area contributed by atoms with E-state index in [-0.39, 0.29) is 0 Å². The van der Waals surface area contributed by atoms with Gasteiger partial charge < -0.3 is 9.47 Å². The molecule has 272 valence electrons. The SMILES string of the molecule is c1ccc(-n2c3ccccc3c3ccc(-c4ccc(N(c5ccc(-c6cccc7sc8ccccc8c67)cc5)c5cccc6sc7ccccc7c56)cc4)cc32)cc1. The molecule has 0 saturated heterocycles. The van der Waals surface area contributed by atoms with Crippen molar-refractivity contribution in [2.24, 2.45) is 0 Å². The Morgan fingerprint density at radius 3 is 1.60 bits per heavy atom. The fourth-order valence-corrected chi connectivity index (χ4v) is 11.2. The van der Waals surface area contributed by atoms with Crippen LogP contribution >= 0.6 is 22.7 Å². The van der Waals surface area contributed by atoms with Crippen molar-refractivity contribution in [3.05, 3.63) is 206 Å². The molecule has 4 heteroatoms. The molecule has 0 atom stereocenters. The predicted octanol–water partition coefficient (Wildman–Crippen LogP) is 16.3. The Labute approximate surface area is 343 Å². The molecule has 0 N–H and O–H groups in total. The summed E-state index contributed by atoms with van der Waals surface area (Å²) in [6, 6.07) is 75.6. The lowest BCUT2D eigenvalue weighted by Crippen LogP contribution is -2.10. The Kier molecular flexibility index (Phi) is 7.62. The molecule has 3 aromatic heterocycles. The standard InChI is InChI=1S/C54H34N2S2/c1-2-12-38(13-3-1)56-46-18-7-4-14-42(46)43-33-28-37(34-48(43)56)35-24-29-39(30-25-35)55(47-19-11-23-52-54(47)45-16-6-9-21-50(45)58-52)40-31-26-36(27-32-40)41-17-10-22-51-53(41)44-15-5-8-20-49(44)57-51/h1-34H. The molecule has 12 rings (SSSR count). The first-order chi connectivity index (χ1) is 28.8. The van der Waals surface area contributed by atoms with Crippen LogP contribution in [0.1, 0.15) is 0 Å². The number of anilines is 3. The van der Waals surface area contributed by atoms with Crippen LogP contribution in [-0.4, -0.2) is 4.57 Å². The van der Waals surface area contributed by atoms with Gasteiger partial charge in [0.25, 0.3) is 0 Å². The van der Waals surface area contributed by atoms with Crippen LogP contribution < -0.4 is 4.90 Å². The molecule has 2 nitrogen and oxygen atoms in total. The van der Waals surface area contributed by atoms with E-state index in [9.17, 15) is 0 Å². The van der Waals surface area contributed by atoms with Crippen molar-refractivity contribution < 1.29 is 0 Å². The molecular formula is C54H34N2S2. The Hall–Kier alpha value is -6.98. The van der Waals surface area contributed by atoms with E-state index in [2.05, 4.69) is 216 Å². The van der Waals surface area contributed by atoms with Gasteiger partial charge in [-0.25, -0.2) is 0 Å². The Bertz CT molecular complexity index is 3500. The Morgan fingerprint density at radius 2 is 0.879 bits per heavy atom. The first-order valence-corrected chi connectivity index (χ1v) is 21.3. The van der Waals surface area contributed by atoms with E-state index in [1.807, 2.05) is 22.7 Å². The summed E-state index contributed by atoms with van der Waals surface area (Å²) >= 11 is 3.73. The van der Waals surface area contributed by atoms with E-state index in [1.54, 1.807) is 0 Å². The quantitative estimate of drug-likeness (QED) is 0.163. The fraction of sp³-hybridized carbons (Fsp3) is 0. The summed E-state index contributed by atoms with van der Waals surface area (Å²) < 4.78 is 7.62. The number of benzene rings is 9. The highest BCUT2D eigenvalue weighted by molar-refractivity contribution is 7.26. The lowest BCUT2D eigenvalue weighted by Gasteiger charge is -2.27. The molecule has 0 amide bonds. The minimum absolute atomic E-state index is 1.12. The Balaban J connectivity index is 0.997. The van der Waals surface area contributed by atoms with Crippen molar-refractivity contribution in [1.82, 2.24) is 4.57 Å². The average Bonchev–Trinajstić information content (AvgIpc) is 3.97. The molecule has 0 unspecified atom stereocenters. The number of aromatic nitrogens is 1. The van der Waals surface area contributed by atoms with E-state index in [0.29, 0.717) is 0 Å². The summed E-state index contributed by atoms with van der Waals surface area (Å²) in [6.07, 6.45) is 0. The smallest absolute Gasteiger partial charge is 0.0554 e. The van der Waals surface area contributed by atoms with Gasteiger partial charge in [0.05, 0.1) is 16.7 Å². The van der Waals surface area contributed by atoms with Gasteiger partial charge in [0, 0.05) is 68.2 Å². The number of fused-ring (bicyclic) bond motifs is 9. The number of hydrogen-bond donors (Lipinski definition) is 0. The third-order valence-corrected chi connectivity index (χ3v) is 13.9. The molecule has 0 saturated carbocycles. The number of nitrogens with zero attached hydrogens (tertiary/aromatic N) is 2. The first kappa shape index (κ1) is 33.2. The zero-order valence-corrected chi connectivity index (χ0v) is 33.0. The van der Waals surface area contributed by atoms with Crippen LogP contribution in [0.15, 0.2) is 206 Å². The van der Waals surface area contributed by atoms with Gasteiger partial charge in [-0.05, 0) is 101 Å². The summed E-state index contributed by atoms with van der Waals surface area (Å²) in [5, 5.41) is 7.74. The lowest BCUT2D eigenvalue weighted by molar-refractivity contribution is 1.18. The number of rotatable bonds is 6. The van der Waals surface area contributed by atoms with E-state index in [0.717, 1.165) is 11.4 Å². The van der Waals surface area contributed by atoms with E-state index < -0.39 is 0 Å². The van der Waals surface area contributed by atoms with Crippen molar-refractivity contribution in [3.63, 3.8) is 0 Å². The zero-order chi connectivity index (χ0) is 38.2. The number of para-hydroxylation sites is 2. The molecule has 0 bridgehead atoms. The summed E-state index contributed by atoms with van der Waals surface area (Å²) in [4.78, 5) is 2.44. The van der Waals surface area contributed by atoms with Gasteiger partial charge in [-0.1, -0.05) is 127 Å². The maximum absolute atomic E-state index is 2.44. The van der Waals surface area contributed by atoms with Gasteiger partial charge >= 0.3 is 0 Å². The second-order valence-electron chi connectivity index (χ2n) is 14.9. The third-order valence-electron chi connectivity index (χ3n) is 11.6. The van der Waals surface area contributed by atoms with Crippen LogP contribution in [0.25, 0.3) is 90.1 Å². The first-order valence-electron chi connectivity index (χ1n) is 19.7. The third kappa shape index (κ3) is 5.23. The fourth-order valence-electron chi connectivity index (χ4n) is 8.98. The second-order valence-corrected chi connectivity index (χ2v) is 17.0. The van der Waals surface area contributed by atoms with Crippen molar-refractivity contribution in [2.75, 3.05) is 4.90 Å². The predicted molar refractivity (Wildman–Crippen MR) is 252 cm³/mol. The van der Waals surface area contributed by atoms with E-state index >= 15 is 0 Å². The molecule has 9 aromatic carbocycles. The highest BCUT2D eigenvalue weighted by atomic mass is 32.1. The second kappa shape index (κ2) is 13.3. The topological polar surface area (TPSA) is 8.17 Å². The molecular weight excluding hydrogens is 741 g/mol. The van der Waals surface area contributed by atoms with Gasteiger partial charge in [0.1, 0.15) is 0 Å². The van der Waals surface area contributed by atoms with Crippen molar-refractivity contribution >= 4 is 102 Å². The molecule has 0 fully saturated rings. The van der Waals surface area contributed by atoms with Crippen LogP contribution in [0.2, 0.25) is 0 Å². The summed E-state index contributed by atoms with van der Waals surface area (Å²) in [6.45, 7) is 0. The number of thiophene rings is 2. The molecule has 0 aliphatic rings. The van der Waals surface area contributed by atoms with E-state index in [1.165, 1.54) is 95.8 Å². The normalized spacial score (nSPS) is 11.8. The van der Waals surface area contributed by atoms with Crippen LogP contribution in [-0.2, 0) is 0 Å². The lowest BCUT2D eigenvalue weighted by atomic mass is 9.99. The van der Waals surface area contributed by atoms with Gasteiger partial charge in [-0.2, -0.15) is 0 Å². The Morgan fingerprint density at radius 1 is 0.345 bits per heavy atom. The van der Waals surface area contributed by atoms with Gasteiger partial charge in [-0.3, -0.25) is 0 Å². The minimum Gasteiger partial charge on any atom is -0.310 e.